The number of likely N-dealkylation sites (tertiary alicyclic amines) is 2. The van der Waals surface area contributed by atoms with Crippen molar-refractivity contribution >= 4 is 58.0 Å². The van der Waals surface area contributed by atoms with Crippen LogP contribution < -0.4 is 10.6 Å². The highest BCUT2D eigenvalue weighted by atomic mass is 32.1. The SMILES string of the molecule is CC1(C)CCC(c2cc(C3CCC(C)(C)N(C(=S)Nc4ccccc4)C3(C)C)c(C(=O)O)cc2C(=O)O)C(C)(C)N1C(=S)Nc1ccccc1. The Morgan fingerprint density at radius 2 is 0.960 bits per heavy atom. The first kappa shape index (κ1) is 37.2. The predicted octanol–water partition coefficient (Wildman–Crippen LogP) is 9.35. The Balaban J connectivity index is 1.62. The highest BCUT2D eigenvalue weighted by Crippen LogP contribution is 2.52. The van der Waals surface area contributed by atoms with Crippen LogP contribution in [0.3, 0.4) is 0 Å². The summed E-state index contributed by atoms with van der Waals surface area (Å²) in [4.78, 5) is 30.3. The topological polar surface area (TPSA) is 105 Å². The number of carboxylic acids is 2. The number of aromatic carboxylic acids is 2. The minimum Gasteiger partial charge on any atom is -0.478 e. The van der Waals surface area contributed by atoms with Gasteiger partial charge in [-0.1, -0.05) is 42.5 Å². The Morgan fingerprint density at radius 1 is 0.620 bits per heavy atom. The molecule has 0 aliphatic carbocycles. The van der Waals surface area contributed by atoms with Crippen LogP contribution in [-0.4, -0.2) is 64.3 Å². The Morgan fingerprint density at radius 3 is 1.28 bits per heavy atom. The van der Waals surface area contributed by atoms with Gasteiger partial charge in [-0.3, -0.25) is 0 Å². The molecule has 2 aliphatic rings. The van der Waals surface area contributed by atoms with Crippen LogP contribution in [0.1, 0.15) is 125 Å². The van der Waals surface area contributed by atoms with Gasteiger partial charge in [0, 0.05) is 45.4 Å². The van der Waals surface area contributed by atoms with Crippen molar-refractivity contribution in [2.75, 3.05) is 10.6 Å². The average Bonchev–Trinajstić information content (AvgIpc) is 3.00. The maximum atomic E-state index is 13.0. The van der Waals surface area contributed by atoms with Crippen molar-refractivity contribution < 1.29 is 19.8 Å². The third kappa shape index (κ3) is 6.97. The molecule has 8 nitrogen and oxygen atoms in total. The van der Waals surface area contributed by atoms with Gasteiger partial charge in [0.25, 0.3) is 0 Å². The molecule has 0 spiro atoms. The molecule has 0 aromatic heterocycles. The Labute approximate surface area is 307 Å². The molecule has 2 saturated heterocycles. The van der Waals surface area contributed by atoms with E-state index in [1.807, 2.05) is 66.7 Å². The van der Waals surface area contributed by atoms with Crippen LogP contribution in [-0.2, 0) is 0 Å². The molecule has 0 amide bonds. The van der Waals surface area contributed by atoms with Crippen LogP contribution in [0.4, 0.5) is 11.4 Å². The maximum Gasteiger partial charge on any atom is 0.336 e. The maximum absolute atomic E-state index is 13.0. The summed E-state index contributed by atoms with van der Waals surface area (Å²) >= 11 is 12.1. The van der Waals surface area contributed by atoms with Crippen molar-refractivity contribution in [3.8, 4) is 0 Å². The van der Waals surface area contributed by atoms with Gasteiger partial charge in [-0.25, -0.2) is 9.59 Å². The van der Waals surface area contributed by atoms with E-state index in [1.165, 1.54) is 6.07 Å². The number of nitrogens with one attached hydrogen (secondary N) is 2. The van der Waals surface area contributed by atoms with Crippen molar-refractivity contribution in [3.05, 3.63) is 95.1 Å². The molecule has 2 heterocycles. The molecule has 2 fully saturated rings. The Hall–Kier alpha value is -4.02. The van der Waals surface area contributed by atoms with Gasteiger partial charge in [-0.2, -0.15) is 0 Å². The van der Waals surface area contributed by atoms with Crippen molar-refractivity contribution in [1.29, 1.82) is 0 Å². The Kier molecular flexibility index (Phi) is 10.1. The molecule has 50 heavy (non-hydrogen) atoms. The molecule has 2 atom stereocenters. The zero-order valence-electron chi connectivity index (χ0n) is 30.3. The van der Waals surface area contributed by atoms with E-state index >= 15 is 0 Å². The van der Waals surface area contributed by atoms with Gasteiger partial charge in [0.05, 0.1) is 11.1 Å². The fraction of sp³-hybridized carbons (Fsp3) is 0.450. The zero-order chi connectivity index (χ0) is 36.8. The summed E-state index contributed by atoms with van der Waals surface area (Å²) in [6.07, 6.45) is 2.91. The molecular formula is C40H50N4O4S2. The van der Waals surface area contributed by atoms with Gasteiger partial charge in [-0.15, -0.1) is 0 Å². The summed E-state index contributed by atoms with van der Waals surface area (Å²) in [5.74, 6) is -2.83. The number of rotatable bonds is 6. The number of piperidine rings is 2. The molecule has 0 bridgehead atoms. The summed E-state index contributed by atoms with van der Waals surface area (Å²) in [6.45, 7) is 17.1. The number of benzene rings is 3. The molecular weight excluding hydrogens is 665 g/mol. The fourth-order valence-electron chi connectivity index (χ4n) is 8.93. The van der Waals surface area contributed by atoms with Crippen molar-refractivity contribution in [2.45, 2.75) is 115 Å². The summed E-state index contributed by atoms with van der Waals surface area (Å²) in [7, 11) is 0. The minimum absolute atomic E-state index is 0.0119. The van der Waals surface area contributed by atoms with Crippen molar-refractivity contribution in [2.24, 2.45) is 0 Å². The highest BCUT2D eigenvalue weighted by Gasteiger charge is 2.52. The second-order valence-electron chi connectivity index (χ2n) is 16.0. The largest absolute Gasteiger partial charge is 0.478 e. The summed E-state index contributed by atoms with van der Waals surface area (Å²) in [6, 6.07) is 22.8. The van der Waals surface area contributed by atoms with Crippen molar-refractivity contribution in [3.63, 3.8) is 0 Å². The molecule has 4 N–H and O–H groups in total. The van der Waals surface area contributed by atoms with Crippen LogP contribution in [0.2, 0.25) is 0 Å². The van der Waals surface area contributed by atoms with E-state index in [4.69, 9.17) is 24.4 Å². The number of nitrogens with zero attached hydrogens (tertiary/aromatic N) is 2. The van der Waals surface area contributed by atoms with Crippen LogP contribution in [0.25, 0.3) is 0 Å². The first-order valence-electron chi connectivity index (χ1n) is 17.3. The molecule has 2 aliphatic heterocycles. The predicted molar refractivity (Wildman–Crippen MR) is 210 cm³/mol. The first-order chi connectivity index (χ1) is 23.3. The van der Waals surface area contributed by atoms with Gasteiger partial charge < -0.3 is 30.6 Å². The molecule has 266 valence electrons. The lowest BCUT2D eigenvalue weighted by Crippen LogP contribution is -2.65. The normalized spacial score (nSPS) is 21.9. The summed E-state index contributed by atoms with van der Waals surface area (Å²) < 4.78 is 0. The van der Waals surface area contributed by atoms with E-state index in [0.717, 1.165) is 24.2 Å². The fourth-order valence-corrected chi connectivity index (χ4v) is 10.1. The van der Waals surface area contributed by atoms with Gasteiger partial charge in [-0.05, 0) is 147 Å². The average molecular weight is 715 g/mol. The van der Waals surface area contributed by atoms with Gasteiger partial charge in [0.15, 0.2) is 10.2 Å². The molecule has 10 heteroatoms. The lowest BCUT2D eigenvalue weighted by Gasteiger charge is -2.58. The number of para-hydroxylation sites is 2. The Bertz CT molecular complexity index is 1660. The van der Waals surface area contributed by atoms with Gasteiger partial charge >= 0.3 is 11.9 Å². The monoisotopic (exact) mass is 714 g/mol. The molecule has 0 saturated carbocycles. The number of thiocarbonyl (C=S) groups is 2. The number of carbonyl (C=O) groups is 2. The number of carboxylic acid groups (broad SMARTS) is 2. The molecule has 2 unspecified atom stereocenters. The third-order valence-corrected chi connectivity index (χ3v) is 11.6. The van der Waals surface area contributed by atoms with Crippen LogP contribution in [0, 0.1) is 0 Å². The standard InChI is InChI=1S/C40H50N4O4S2/c1-37(2)21-19-31(39(5,6)43(37)35(49)41-25-15-11-9-12-16-25)27-23-28(30(34(47)48)24-29(27)33(45)46)32-20-22-38(3,4)44(40(32,7)8)36(50)42-26-17-13-10-14-18-26/h9-18,23-24,31-32H,19-22H2,1-8H3,(H,41,49)(H,42,50)(H,45,46)(H,47,48). The van der Waals surface area contributed by atoms with E-state index in [-0.39, 0.29) is 34.0 Å². The van der Waals surface area contributed by atoms with Crippen LogP contribution >= 0.6 is 24.4 Å². The summed E-state index contributed by atoms with van der Waals surface area (Å²) in [5.41, 5.74) is 1.10. The second kappa shape index (κ2) is 13.6. The van der Waals surface area contributed by atoms with E-state index < -0.39 is 23.0 Å². The first-order valence-corrected chi connectivity index (χ1v) is 18.1. The van der Waals surface area contributed by atoms with Gasteiger partial charge in [0.1, 0.15) is 0 Å². The highest BCUT2D eigenvalue weighted by molar-refractivity contribution is 7.80. The van der Waals surface area contributed by atoms with E-state index in [2.05, 4.69) is 75.8 Å². The van der Waals surface area contributed by atoms with Crippen LogP contribution in [0.15, 0.2) is 72.8 Å². The van der Waals surface area contributed by atoms with Crippen LogP contribution in [0.5, 0.6) is 0 Å². The zero-order valence-corrected chi connectivity index (χ0v) is 32.0. The summed E-state index contributed by atoms with van der Waals surface area (Å²) in [5, 5.41) is 29.1. The molecule has 5 rings (SSSR count). The van der Waals surface area contributed by atoms with Gasteiger partial charge in [0.2, 0.25) is 0 Å². The number of hydrogen-bond donors (Lipinski definition) is 4. The van der Waals surface area contributed by atoms with Crippen molar-refractivity contribution in [1.82, 2.24) is 9.80 Å². The van der Waals surface area contributed by atoms with E-state index in [9.17, 15) is 19.8 Å². The number of hydrogen-bond acceptors (Lipinski definition) is 4. The molecule has 3 aromatic carbocycles. The second-order valence-corrected chi connectivity index (χ2v) is 16.8. The number of anilines is 2. The quantitative estimate of drug-likeness (QED) is 0.185. The van der Waals surface area contributed by atoms with E-state index in [1.54, 1.807) is 0 Å². The third-order valence-electron chi connectivity index (χ3n) is 11.0. The lowest BCUT2D eigenvalue weighted by molar-refractivity contribution is 0.0225. The smallest absolute Gasteiger partial charge is 0.336 e. The lowest BCUT2D eigenvalue weighted by atomic mass is 9.65. The minimum atomic E-state index is -1.15. The molecule has 0 radical (unpaired) electrons. The van der Waals surface area contributed by atoms with E-state index in [0.29, 0.717) is 34.2 Å². The molecule has 3 aromatic rings.